The van der Waals surface area contributed by atoms with E-state index in [0.717, 1.165) is 11.1 Å². The lowest BCUT2D eigenvalue weighted by Crippen LogP contribution is -2.38. The van der Waals surface area contributed by atoms with Gasteiger partial charge in [0.2, 0.25) is 10.0 Å². The Morgan fingerprint density at radius 3 is 2.48 bits per heavy atom. The van der Waals surface area contributed by atoms with E-state index in [1.807, 2.05) is 45.0 Å². The monoisotopic (exact) mass is 444 g/mol. The van der Waals surface area contributed by atoms with E-state index in [1.54, 1.807) is 0 Å². The van der Waals surface area contributed by atoms with Crippen LogP contribution < -0.4 is 5.32 Å². The molecule has 2 aromatic carbocycles. The molecule has 1 atom stereocenters. The molecule has 1 heterocycles. The summed E-state index contributed by atoms with van der Waals surface area (Å²) in [6.45, 7) is 6.07. The van der Waals surface area contributed by atoms with Crippen molar-refractivity contribution in [3.8, 4) is 0 Å². The van der Waals surface area contributed by atoms with Crippen molar-refractivity contribution in [3.63, 3.8) is 0 Å². The maximum absolute atomic E-state index is 13.1. The smallest absolute Gasteiger partial charge is 0.338 e. The molecule has 1 N–H and O–H groups in total. The second-order valence-electron chi connectivity index (χ2n) is 8.06. The van der Waals surface area contributed by atoms with Gasteiger partial charge in [0, 0.05) is 19.1 Å². The highest BCUT2D eigenvalue weighted by atomic mass is 32.2. The average Bonchev–Trinajstić information content (AvgIpc) is 2.77. The molecular formula is C23H28N2O5S. The van der Waals surface area contributed by atoms with Crippen LogP contribution in [-0.2, 0) is 32.5 Å². The van der Waals surface area contributed by atoms with Crippen LogP contribution in [0.2, 0.25) is 0 Å². The quantitative estimate of drug-likeness (QED) is 0.663. The van der Waals surface area contributed by atoms with E-state index in [1.165, 1.54) is 28.6 Å². The molecule has 0 bridgehead atoms. The molecule has 0 aromatic heterocycles. The first-order chi connectivity index (χ1) is 14.7. The van der Waals surface area contributed by atoms with Crippen LogP contribution in [0, 0.1) is 5.92 Å². The molecule has 1 aliphatic rings. The molecule has 1 unspecified atom stereocenters. The first-order valence-electron chi connectivity index (χ1n) is 10.3. The summed E-state index contributed by atoms with van der Waals surface area (Å²) in [5, 5.41) is 2.75. The van der Waals surface area contributed by atoms with Crippen molar-refractivity contribution >= 4 is 21.9 Å². The number of amides is 1. The third-order valence-electron chi connectivity index (χ3n) is 5.53. The van der Waals surface area contributed by atoms with E-state index in [-0.39, 0.29) is 22.4 Å². The van der Waals surface area contributed by atoms with Gasteiger partial charge in [0.25, 0.3) is 5.91 Å². The van der Waals surface area contributed by atoms with Crippen molar-refractivity contribution in [2.45, 2.75) is 44.7 Å². The van der Waals surface area contributed by atoms with E-state index >= 15 is 0 Å². The Morgan fingerprint density at radius 1 is 1.06 bits per heavy atom. The zero-order valence-electron chi connectivity index (χ0n) is 18.0. The van der Waals surface area contributed by atoms with E-state index in [4.69, 9.17) is 4.74 Å². The number of hydrogen-bond donors (Lipinski definition) is 1. The van der Waals surface area contributed by atoms with E-state index < -0.39 is 28.5 Å². The average molecular weight is 445 g/mol. The van der Waals surface area contributed by atoms with Crippen molar-refractivity contribution < 1.29 is 22.7 Å². The van der Waals surface area contributed by atoms with Crippen LogP contribution in [-0.4, -0.2) is 43.8 Å². The van der Waals surface area contributed by atoms with Gasteiger partial charge in [-0.1, -0.05) is 44.2 Å². The Balaban J connectivity index is 1.68. The molecule has 0 saturated heterocycles. The molecule has 0 radical (unpaired) electrons. The topological polar surface area (TPSA) is 92.8 Å². The Bertz CT molecular complexity index is 1070. The normalized spacial score (nSPS) is 15.2. The van der Waals surface area contributed by atoms with Crippen LogP contribution in [0.1, 0.15) is 42.3 Å². The number of nitrogens with zero attached hydrogens (tertiary/aromatic N) is 1. The Labute approximate surface area is 183 Å². The van der Waals surface area contributed by atoms with Gasteiger partial charge in [0.05, 0.1) is 10.5 Å². The number of sulfonamides is 1. The number of hydrogen-bond acceptors (Lipinski definition) is 5. The summed E-state index contributed by atoms with van der Waals surface area (Å²) in [6, 6.07) is 13.5. The Morgan fingerprint density at radius 2 is 1.77 bits per heavy atom. The lowest BCUT2D eigenvalue weighted by molar-refractivity contribution is -0.125. The zero-order valence-corrected chi connectivity index (χ0v) is 18.8. The van der Waals surface area contributed by atoms with Gasteiger partial charge in [-0.2, -0.15) is 4.31 Å². The lowest BCUT2D eigenvalue weighted by atomic mass is 10.0. The number of rotatable bonds is 7. The third kappa shape index (κ3) is 5.51. The molecular weight excluding hydrogens is 416 g/mol. The van der Waals surface area contributed by atoms with Gasteiger partial charge >= 0.3 is 5.97 Å². The molecule has 3 rings (SSSR count). The minimum atomic E-state index is -3.77. The van der Waals surface area contributed by atoms with Crippen LogP contribution in [0.15, 0.2) is 53.4 Å². The van der Waals surface area contributed by atoms with Crippen molar-refractivity contribution in [1.82, 2.24) is 9.62 Å². The van der Waals surface area contributed by atoms with Crippen molar-refractivity contribution in [3.05, 3.63) is 65.2 Å². The van der Waals surface area contributed by atoms with Gasteiger partial charge in [-0.15, -0.1) is 0 Å². The molecule has 31 heavy (non-hydrogen) atoms. The fourth-order valence-corrected chi connectivity index (χ4v) is 4.75. The van der Waals surface area contributed by atoms with Crippen molar-refractivity contribution in [1.29, 1.82) is 0 Å². The van der Waals surface area contributed by atoms with Crippen molar-refractivity contribution in [2.24, 2.45) is 5.92 Å². The second kappa shape index (κ2) is 9.62. The van der Waals surface area contributed by atoms with Gasteiger partial charge in [-0.25, -0.2) is 13.2 Å². The first-order valence-corrected chi connectivity index (χ1v) is 11.8. The highest BCUT2D eigenvalue weighted by molar-refractivity contribution is 7.89. The summed E-state index contributed by atoms with van der Waals surface area (Å²) in [6.07, 6.45) is 0.640. The van der Waals surface area contributed by atoms with E-state index in [0.29, 0.717) is 19.5 Å². The fraction of sp³-hybridized carbons (Fsp3) is 0.391. The number of esters is 1. The van der Waals surface area contributed by atoms with Gasteiger partial charge in [-0.05, 0) is 48.6 Å². The van der Waals surface area contributed by atoms with Gasteiger partial charge in [-0.3, -0.25) is 4.79 Å². The minimum Gasteiger partial charge on any atom is -0.452 e. The summed E-state index contributed by atoms with van der Waals surface area (Å²) < 4.78 is 32.8. The van der Waals surface area contributed by atoms with Crippen LogP contribution in [0.25, 0.3) is 0 Å². The minimum absolute atomic E-state index is 0.0270. The summed E-state index contributed by atoms with van der Waals surface area (Å²) in [5.41, 5.74) is 2.22. The van der Waals surface area contributed by atoms with E-state index in [2.05, 4.69) is 5.32 Å². The van der Waals surface area contributed by atoms with Gasteiger partial charge in [0.15, 0.2) is 6.61 Å². The molecule has 1 amide bonds. The molecule has 0 fully saturated rings. The third-order valence-corrected chi connectivity index (χ3v) is 7.37. The molecule has 8 heteroatoms. The predicted octanol–water partition coefficient (Wildman–Crippen LogP) is 2.75. The summed E-state index contributed by atoms with van der Waals surface area (Å²) in [4.78, 5) is 24.3. The SMILES string of the molecule is CC(C)C(C)NC(=O)COC(=O)c1cccc(S(=O)(=O)N2CCc3ccccc3C2)c1. The maximum Gasteiger partial charge on any atom is 0.338 e. The lowest BCUT2D eigenvalue weighted by Gasteiger charge is -2.28. The largest absolute Gasteiger partial charge is 0.452 e. The highest BCUT2D eigenvalue weighted by Gasteiger charge is 2.29. The van der Waals surface area contributed by atoms with Crippen LogP contribution in [0.4, 0.5) is 0 Å². The Kier molecular flexibility index (Phi) is 7.12. The van der Waals surface area contributed by atoms with Gasteiger partial charge in [0.1, 0.15) is 0 Å². The van der Waals surface area contributed by atoms with Crippen LogP contribution >= 0.6 is 0 Å². The first kappa shape index (κ1) is 23.0. The molecule has 0 saturated carbocycles. The molecule has 1 aliphatic heterocycles. The summed E-state index contributed by atoms with van der Waals surface area (Å²) in [5.74, 6) is -0.887. The fourth-order valence-electron chi connectivity index (χ4n) is 3.28. The molecule has 2 aromatic rings. The standard InChI is InChI=1S/C23H28N2O5S/c1-16(2)17(3)24-22(26)15-30-23(27)19-9-6-10-21(13-19)31(28,29)25-12-11-18-7-4-5-8-20(18)14-25/h4-10,13,16-17H,11-12,14-15H2,1-3H3,(H,24,26). The van der Waals surface area contributed by atoms with Gasteiger partial charge < -0.3 is 10.1 Å². The molecule has 166 valence electrons. The summed E-state index contributed by atoms with van der Waals surface area (Å²) >= 11 is 0. The van der Waals surface area contributed by atoms with Crippen LogP contribution in [0.5, 0.6) is 0 Å². The number of benzene rings is 2. The number of ether oxygens (including phenoxy) is 1. The second-order valence-corrected chi connectivity index (χ2v) is 10.00. The molecule has 7 nitrogen and oxygen atoms in total. The zero-order chi connectivity index (χ0) is 22.6. The van der Waals surface area contributed by atoms with Crippen molar-refractivity contribution in [2.75, 3.05) is 13.2 Å². The highest BCUT2D eigenvalue weighted by Crippen LogP contribution is 2.25. The number of carbonyl (C=O) groups is 2. The number of nitrogens with one attached hydrogen (secondary N) is 1. The van der Waals surface area contributed by atoms with E-state index in [9.17, 15) is 18.0 Å². The Hall–Kier alpha value is -2.71. The molecule has 0 aliphatic carbocycles. The number of carbonyl (C=O) groups excluding carboxylic acids is 2. The molecule has 0 spiro atoms. The summed E-state index contributed by atoms with van der Waals surface area (Å²) in [7, 11) is -3.77. The predicted molar refractivity (Wildman–Crippen MR) is 117 cm³/mol. The van der Waals surface area contributed by atoms with Crippen LogP contribution in [0.3, 0.4) is 0 Å². The number of fused-ring (bicyclic) bond motifs is 1. The maximum atomic E-state index is 13.1.